The van der Waals surface area contributed by atoms with Gasteiger partial charge in [0.05, 0.1) is 56.5 Å². The Bertz CT molecular complexity index is 2830. The van der Waals surface area contributed by atoms with Gasteiger partial charge in [0.2, 0.25) is 17.7 Å². The average Bonchev–Trinajstić information content (AvgIpc) is 4.22. The van der Waals surface area contributed by atoms with Crippen LogP contribution in [-0.4, -0.2) is 118 Å². The molecule has 352 valence electrons. The number of carbonyl (C=O) groups is 4. The molecule has 2 aromatic heterocycles. The van der Waals surface area contributed by atoms with Crippen LogP contribution in [0.1, 0.15) is 86.1 Å². The Hall–Kier alpha value is -6.84. The lowest BCUT2D eigenvalue weighted by molar-refractivity contribution is -0.138. The molecular formula is C53H59N9O6. The Labute approximate surface area is 396 Å². The lowest BCUT2D eigenvalue weighted by atomic mass is 9.89. The zero-order chi connectivity index (χ0) is 46.9. The van der Waals surface area contributed by atoms with E-state index < -0.39 is 18.2 Å². The topological polar surface area (TPSA) is 178 Å². The van der Waals surface area contributed by atoms with Crippen LogP contribution >= 0.6 is 0 Å². The van der Waals surface area contributed by atoms with Crippen LogP contribution in [0, 0.1) is 5.92 Å². The molecule has 0 radical (unpaired) electrons. The molecule has 4 N–H and O–H groups in total. The molecule has 10 rings (SSSR count). The van der Waals surface area contributed by atoms with Crippen molar-refractivity contribution in [1.82, 2.24) is 45.3 Å². The SMILES string of the molecule is COC(=O)N[C@H](C(=O)N1CCC[C@H]1c1nc2c([nH]1)CCc1cc(-c3ccc4cc(-c5cnc([C@@H]6CCCN6C(=O)[C@H](NC(=O)CN6CCOCC6)c6ccccc6)[nH]5)ccc4c3)ccc1-2)C(C)C. The van der Waals surface area contributed by atoms with Crippen molar-refractivity contribution in [2.75, 3.05) is 53.0 Å². The number of methoxy groups -OCH3 is 1. The Morgan fingerprint density at radius 1 is 0.765 bits per heavy atom. The number of rotatable bonds is 12. The summed E-state index contributed by atoms with van der Waals surface area (Å²) in [5, 5.41) is 8.02. The minimum Gasteiger partial charge on any atom is -0.453 e. The fourth-order valence-electron chi connectivity index (χ4n) is 10.5. The molecule has 1 aliphatic carbocycles. The van der Waals surface area contributed by atoms with E-state index in [-0.39, 0.29) is 42.3 Å². The van der Waals surface area contributed by atoms with Gasteiger partial charge in [0, 0.05) is 43.0 Å². The first kappa shape index (κ1) is 45.0. The minimum absolute atomic E-state index is 0.102. The summed E-state index contributed by atoms with van der Waals surface area (Å²) in [6.07, 6.45) is 6.21. The first-order valence-corrected chi connectivity index (χ1v) is 24.0. The molecule has 4 aromatic carbocycles. The van der Waals surface area contributed by atoms with E-state index in [0.29, 0.717) is 39.4 Å². The van der Waals surface area contributed by atoms with Gasteiger partial charge in [-0.15, -0.1) is 0 Å². The predicted molar refractivity (Wildman–Crippen MR) is 258 cm³/mol. The molecule has 15 nitrogen and oxygen atoms in total. The highest BCUT2D eigenvalue weighted by Gasteiger charge is 2.39. The summed E-state index contributed by atoms with van der Waals surface area (Å²) < 4.78 is 10.3. The second-order valence-electron chi connectivity index (χ2n) is 18.8. The van der Waals surface area contributed by atoms with Gasteiger partial charge in [0.15, 0.2) is 0 Å². The van der Waals surface area contributed by atoms with Crippen molar-refractivity contribution in [2.45, 2.75) is 76.5 Å². The van der Waals surface area contributed by atoms with Gasteiger partial charge in [-0.2, -0.15) is 0 Å². The number of aryl methyl sites for hydroxylation is 2. The quantitative estimate of drug-likeness (QED) is 0.0983. The number of likely N-dealkylation sites (tertiary alicyclic amines) is 2. The predicted octanol–water partition coefficient (Wildman–Crippen LogP) is 7.28. The highest BCUT2D eigenvalue weighted by atomic mass is 16.5. The van der Waals surface area contributed by atoms with Gasteiger partial charge in [0.1, 0.15) is 23.7 Å². The normalized spacial score (nSPS) is 19.1. The smallest absolute Gasteiger partial charge is 0.407 e. The van der Waals surface area contributed by atoms with E-state index in [1.165, 1.54) is 12.7 Å². The number of benzene rings is 4. The first-order valence-electron chi connectivity index (χ1n) is 24.0. The Morgan fingerprint density at radius 2 is 1.44 bits per heavy atom. The number of fused-ring (bicyclic) bond motifs is 4. The van der Waals surface area contributed by atoms with Gasteiger partial charge in [-0.25, -0.2) is 14.8 Å². The number of nitrogens with zero attached hydrogens (tertiary/aromatic N) is 5. The average molecular weight is 918 g/mol. The number of alkyl carbamates (subject to hydrolysis) is 1. The molecule has 4 amide bonds. The summed E-state index contributed by atoms with van der Waals surface area (Å²) in [6, 6.07) is 27.2. The number of aromatic amines is 2. The molecular weight excluding hydrogens is 859 g/mol. The third-order valence-electron chi connectivity index (χ3n) is 14.1. The molecule has 3 aliphatic heterocycles. The van der Waals surface area contributed by atoms with Gasteiger partial charge in [0.25, 0.3) is 0 Å². The number of hydrogen-bond acceptors (Lipinski definition) is 9. The molecule has 0 bridgehead atoms. The van der Waals surface area contributed by atoms with Crippen LogP contribution in [0.25, 0.3) is 44.4 Å². The second kappa shape index (κ2) is 19.4. The van der Waals surface area contributed by atoms with Crippen molar-refractivity contribution in [3.05, 3.63) is 120 Å². The Morgan fingerprint density at radius 3 is 2.18 bits per heavy atom. The zero-order valence-electron chi connectivity index (χ0n) is 38.9. The molecule has 4 atom stereocenters. The Kier molecular flexibility index (Phi) is 12.8. The van der Waals surface area contributed by atoms with Gasteiger partial charge >= 0.3 is 6.09 Å². The highest BCUT2D eigenvalue weighted by Crippen LogP contribution is 2.40. The van der Waals surface area contributed by atoms with Crippen LogP contribution in [0.2, 0.25) is 0 Å². The molecule has 0 saturated carbocycles. The first-order chi connectivity index (χ1) is 33.1. The maximum absolute atomic E-state index is 14.4. The van der Waals surface area contributed by atoms with Crippen molar-refractivity contribution in [3.63, 3.8) is 0 Å². The number of nitrogens with one attached hydrogen (secondary N) is 4. The van der Waals surface area contributed by atoms with Gasteiger partial charge in [-0.05, 0) is 89.6 Å². The van der Waals surface area contributed by atoms with Crippen molar-refractivity contribution in [2.24, 2.45) is 5.92 Å². The molecule has 15 heteroatoms. The van der Waals surface area contributed by atoms with Crippen molar-refractivity contribution >= 4 is 34.6 Å². The van der Waals surface area contributed by atoms with E-state index >= 15 is 0 Å². The molecule has 6 aromatic rings. The monoisotopic (exact) mass is 917 g/mol. The summed E-state index contributed by atoms with van der Waals surface area (Å²) >= 11 is 0. The van der Waals surface area contributed by atoms with E-state index in [0.717, 1.165) is 106 Å². The number of imidazole rings is 2. The summed E-state index contributed by atoms with van der Waals surface area (Å²) in [7, 11) is 1.30. The van der Waals surface area contributed by atoms with E-state index in [9.17, 15) is 19.2 Å². The molecule has 3 fully saturated rings. The molecule has 3 saturated heterocycles. The fraction of sp³-hybridized carbons (Fsp3) is 0.396. The second-order valence-corrected chi connectivity index (χ2v) is 18.8. The van der Waals surface area contributed by atoms with Crippen molar-refractivity contribution < 1.29 is 28.7 Å². The number of amides is 4. The number of hydrogen-bond donors (Lipinski definition) is 4. The lowest BCUT2D eigenvalue weighted by Crippen LogP contribution is -2.51. The summed E-state index contributed by atoms with van der Waals surface area (Å²) in [5.74, 6) is 0.989. The number of aromatic nitrogens is 4. The van der Waals surface area contributed by atoms with E-state index in [1.54, 1.807) is 0 Å². The van der Waals surface area contributed by atoms with Gasteiger partial charge < -0.3 is 39.9 Å². The van der Waals surface area contributed by atoms with Gasteiger partial charge in [-0.1, -0.05) is 86.6 Å². The van der Waals surface area contributed by atoms with E-state index in [2.05, 4.69) is 80.1 Å². The van der Waals surface area contributed by atoms with Crippen LogP contribution in [-0.2, 0) is 36.7 Å². The highest BCUT2D eigenvalue weighted by molar-refractivity contribution is 5.92. The maximum Gasteiger partial charge on any atom is 0.407 e. The van der Waals surface area contributed by atoms with Crippen molar-refractivity contribution in [1.29, 1.82) is 0 Å². The summed E-state index contributed by atoms with van der Waals surface area (Å²) in [6.45, 7) is 7.81. The largest absolute Gasteiger partial charge is 0.453 e. The van der Waals surface area contributed by atoms with E-state index in [1.807, 2.05) is 60.2 Å². The summed E-state index contributed by atoms with van der Waals surface area (Å²) in [5.41, 5.74) is 9.28. The van der Waals surface area contributed by atoms with Crippen LogP contribution in [0.4, 0.5) is 4.79 Å². The molecule has 4 aliphatic rings. The van der Waals surface area contributed by atoms with Crippen LogP contribution in [0.15, 0.2) is 91.1 Å². The molecule has 0 spiro atoms. The molecule has 5 heterocycles. The summed E-state index contributed by atoms with van der Waals surface area (Å²) in [4.78, 5) is 76.4. The van der Waals surface area contributed by atoms with Gasteiger partial charge in [-0.3, -0.25) is 19.3 Å². The molecule has 68 heavy (non-hydrogen) atoms. The maximum atomic E-state index is 14.4. The number of morpholine rings is 1. The third-order valence-corrected chi connectivity index (χ3v) is 14.1. The standard InChI is InChI=1S/C53H59N9O6/c1-32(2)46(59-53(66)67-3)51(64)62-22-8-12-44(62)50-55-41-20-18-38-28-37(17-19-40(38)48(41)58-50)34-13-14-36-29-39(16-15-35(36)27-34)42-30-54-49(56-42)43-11-7-21-61(43)52(65)47(33-9-5-4-6-10-33)57-45(63)31-60-23-25-68-26-24-60/h4-6,9-10,13-17,19,27-30,32,43-44,46-47H,7-8,11-12,18,20-26,31H2,1-3H3,(H,54,56)(H,55,58)(H,57,63)(H,59,66)/t43-,44-,46-,47+/m0/s1. The number of carbonyl (C=O) groups excluding carboxylic acids is 4. The number of ether oxygens (including phenoxy) is 2. The van der Waals surface area contributed by atoms with Crippen LogP contribution in [0.3, 0.4) is 0 Å². The third kappa shape index (κ3) is 9.12. The van der Waals surface area contributed by atoms with Crippen LogP contribution < -0.4 is 10.6 Å². The molecule has 0 unspecified atom stereocenters. The van der Waals surface area contributed by atoms with E-state index in [4.69, 9.17) is 19.4 Å². The van der Waals surface area contributed by atoms with Crippen LogP contribution in [0.5, 0.6) is 0 Å². The Balaban J connectivity index is 0.828. The lowest BCUT2D eigenvalue weighted by Gasteiger charge is -2.30. The minimum atomic E-state index is -0.805. The number of H-pyrrole nitrogens is 2. The fourth-order valence-corrected chi connectivity index (χ4v) is 10.5. The zero-order valence-corrected chi connectivity index (χ0v) is 38.9. The van der Waals surface area contributed by atoms with Crippen molar-refractivity contribution in [3.8, 4) is 33.6 Å².